The molecule has 33 heavy (non-hydrogen) atoms. The summed E-state index contributed by atoms with van der Waals surface area (Å²) in [6, 6.07) is 22.1. The molecule has 3 nitrogen and oxygen atoms in total. The van der Waals surface area contributed by atoms with E-state index in [1.165, 1.54) is 17.8 Å². The Morgan fingerprint density at radius 3 is 2.45 bits per heavy atom. The maximum atomic E-state index is 13.3. The van der Waals surface area contributed by atoms with Gasteiger partial charge in [0.25, 0.3) is 0 Å². The molecule has 3 aromatic carbocycles. The topological polar surface area (TPSA) is 24.5 Å². The fourth-order valence-corrected chi connectivity index (χ4v) is 4.87. The molecule has 0 radical (unpaired) electrons. The van der Waals surface area contributed by atoms with Gasteiger partial charge in [0, 0.05) is 35.5 Å². The number of hydrogen-bond donors (Lipinski definition) is 1. The van der Waals surface area contributed by atoms with Gasteiger partial charge in [-0.05, 0) is 49.2 Å². The van der Waals surface area contributed by atoms with Gasteiger partial charge < -0.3 is 15.0 Å². The summed E-state index contributed by atoms with van der Waals surface area (Å²) in [7, 11) is 0. The average Bonchev–Trinajstić information content (AvgIpc) is 2.81. The van der Waals surface area contributed by atoms with Crippen molar-refractivity contribution in [2.24, 2.45) is 0 Å². The van der Waals surface area contributed by atoms with Crippen LogP contribution < -0.4 is 10.2 Å². The fraction of sp³-hybridized carbons (Fsp3) is 0.308. The Kier molecular flexibility index (Phi) is 7.63. The zero-order valence-corrected chi connectivity index (χ0v) is 19.3. The van der Waals surface area contributed by atoms with Crippen LogP contribution in [0, 0.1) is 0 Å². The van der Waals surface area contributed by atoms with Gasteiger partial charge in [0.2, 0.25) is 0 Å². The van der Waals surface area contributed by atoms with Crippen LogP contribution in [0.2, 0.25) is 0 Å². The zero-order chi connectivity index (χ0) is 23.3. The molecular formula is C26H27F3N2OS. The zero-order valence-electron chi connectivity index (χ0n) is 18.4. The van der Waals surface area contributed by atoms with Crippen molar-refractivity contribution in [3.63, 3.8) is 0 Å². The lowest BCUT2D eigenvalue weighted by Gasteiger charge is -2.33. The first-order chi connectivity index (χ1) is 15.9. The van der Waals surface area contributed by atoms with E-state index in [4.69, 9.17) is 4.74 Å². The maximum Gasteiger partial charge on any atom is 0.416 e. The molecule has 1 aliphatic rings. The molecule has 3 aromatic rings. The number of hydrogen-bond acceptors (Lipinski definition) is 4. The molecule has 0 aromatic heterocycles. The Balaban J connectivity index is 1.35. The first-order valence-electron chi connectivity index (χ1n) is 11.0. The molecule has 7 heteroatoms. The van der Waals surface area contributed by atoms with Gasteiger partial charge in [-0.25, -0.2) is 0 Å². The summed E-state index contributed by atoms with van der Waals surface area (Å²) in [6.45, 7) is 4.55. The molecule has 174 valence electrons. The van der Waals surface area contributed by atoms with Crippen molar-refractivity contribution in [3.05, 3.63) is 83.9 Å². The number of benzene rings is 3. The number of alkyl halides is 3. The van der Waals surface area contributed by atoms with Gasteiger partial charge in [-0.1, -0.05) is 54.2 Å². The van der Waals surface area contributed by atoms with Crippen molar-refractivity contribution in [1.29, 1.82) is 0 Å². The van der Waals surface area contributed by atoms with E-state index in [1.54, 1.807) is 6.07 Å². The molecule has 1 N–H and O–H groups in total. The van der Waals surface area contributed by atoms with Crippen LogP contribution in [0.15, 0.2) is 82.6 Å². The Morgan fingerprint density at radius 2 is 1.67 bits per heavy atom. The molecule has 0 spiro atoms. The summed E-state index contributed by atoms with van der Waals surface area (Å²) in [6.07, 6.45) is -3.51. The average molecular weight is 473 g/mol. The van der Waals surface area contributed by atoms with Crippen LogP contribution in [0.3, 0.4) is 0 Å². The van der Waals surface area contributed by atoms with Gasteiger partial charge in [-0.15, -0.1) is 0 Å². The maximum absolute atomic E-state index is 13.3. The molecule has 1 heterocycles. The monoisotopic (exact) mass is 472 g/mol. The first kappa shape index (κ1) is 23.7. The number of fused-ring (bicyclic) bond motifs is 2. The van der Waals surface area contributed by atoms with Gasteiger partial charge in [0.15, 0.2) is 0 Å². The minimum atomic E-state index is -4.37. The third kappa shape index (κ3) is 6.10. The second kappa shape index (κ2) is 10.6. The third-order valence-corrected chi connectivity index (χ3v) is 6.72. The largest absolute Gasteiger partial charge is 0.416 e. The number of rotatable bonds is 9. The molecule has 0 bridgehead atoms. The van der Waals surface area contributed by atoms with Crippen LogP contribution in [-0.4, -0.2) is 25.7 Å². The van der Waals surface area contributed by atoms with E-state index in [9.17, 15) is 13.2 Å². The second-order valence-corrected chi connectivity index (χ2v) is 9.17. The molecular weight excluding hydrogens is 445 g/mol. The van der Waals surface area contributed by atoms with Gasteiger partial charge in [0.1, 0.15) is 0 Å². The quantitative estimate of drug-likeness (QED) is 0.343. The van der Waals surface area contributed by atoms with E-state index in [0.717, 1.165) is 33.5 Å². The predicted octanol–water partition coefficient (Wildman–Crippen LogP) is 6.89. The van der Waals surface area contributed by atoms with E-state index in [1.807, 2.05) is 59.5 Å². The first-order valence-corrected chi connectivity index (χ1v) is 11.8. The van der Waals surface area contributed by atoms with E-state index in [-0.39, 0.29) is 6.04 Å². The Morgan fingerprint density at radius 1 is 0.939 bits per heavy atom. The van der Waals surface area contributed by atoms with E-state index in [2.05, 4.69) is 12.2 Å². The number of nitrogens with one attached hydrogen (secondary N) is 1. The minimum absolute atomic E-state index is 0.233. The third-order valence-electron chi connectivity index (χ3n) is 5.59. The number of halogens is 3. The molecule has 0 aliphatic carbocycles. The molecule has 0 fully saturated rings. The molecule has 4 rings (SSSR count). The van der Waals surface area contributed by atoms with Gasteiger partial charge in [-0.2, -0.15) is 13.2 Å². The minimum Gasteiger partial charge on any atom is -0.377 e. The van der Waals surface area contributed by atoms with Crippen LogP contribution >= 0.6 is 11.8 Å². The van der Waals surface area contributed by atoms with Crippen molar-refractivity contribution in [2.75, 3.05) is 24.6 Å². The summed E-state index contributed by atoms with van der Waals surface area (Å²) < 4.78 is 45.8. The van der Waals surface area contributed by atoms with E-state index < -0.39 is 11.7 Å². The van der Waals surface area contributed by atoms with Crippen LogP contribution in [0.5, 0.6) is 0 Å². The van der Waals surface area contributed by atoms with Crippen molar-refractivity contribution in [1.82, 2.24) is 5.32 Å². The van der Waals surface area contributed by atoms with Crippen molar-refractivity contribution in [2.45, 2.75) is 42.0 Å². The predicted molar refractivity (Wildman–Crippen MR) is 127 cm³/mol. The summed E-state index contributed by atoms with van der Waals surface area (Å²) in [5.74, 6) is 0. The van der Waals surface area contributed by atoms with Crippen LogP contribution in [0.1, 0.15) is 24.5 Å². The van der Waals surface area contributed by atoms with Crippen LogP contribution in [0.25, 0.3) is 0 Å². The van der Waals surface area contributed by atoms with Gasteiger partial charge in [0.05, 0.1) is 23.5 Å². The summed E-state index contributed by atoms with van der Waals surface area (Å²) in [5.41, 5.74) is 2.07. The highest BCUT2D eigenvalue weighted by molar-refractivity contribution is 7.99. The lowest BCUT2D eigenvalue weighted by atomic mass is 10.1. The van der Waals surface area contributed by atoms with E-state index in [0.29, 0.717) is 32.0 Å². The molecule has 0 saturated heterocycles. The second-order valence-electron chi connectivity index (χ2n) is 8.08. The Bertz CT molecular complexity index is 1060. The normalized spacial score (nSPS) is 14.0. The van der Waals surface area contributed by atoms with E-state index >= 15 is 0 Å². The molecule has 0 amide bonds. The fourth-order valence-electron chi connectivity index (χ4n) is 3.80. The van der Waals surface area contributed by atoms with Gasteiger partial charge >= 0.3 is 6.18 Å². The Hall–Kier alpha value is -2.48. The van der Waals surface area contributed by atoms with Gasteiger partial charge in [-0.3, -0.25) is 0 Å². The number of anilines is 2. The number of para-hydroxylation sites is 1. The van der Waals surface area contributed by atoms with Crippen molar-refractivity contribution >= 4 is 23.1 Å². The van der Waals surface area contributed by atoms with Crippen molar-refractivity contribution < 1.29 is 17.9 Å². The summed E-state index contributed by atoms with van der Waals surface area (Å²) >= 11 is 1.51. The van der Waals surface area contributed by atoms with Crippen molar-refractivity contribution in [3.8, 4) is 0 Å². The molecule has 1 atom stereocenters. The summed E-state index contributed by atoms with van der Waals surface area (Å²) in [5, 5.41) is 3.48. The smallest absolute Gasteiger partial charge is 0.377 e. The van der Waals surface area contributed by atoms with Crippen LogP contribution in [0.4, 0.5) is 24.5 Å². The molecule has 0 saturated carbocycles. The highest BCUT2D eigenvalue weighted by atomic mass is 32.2. The SMILES string of the molecule is CC(CCOCc1ccccc1)NCCN1c2ccccc2Sc2ccc(C(F)(F)F)cc21. The lowest BCUT2D eigenvalue weighted by Crippen LogP contribution is -2.35. The highest BCUT2D eigenvalue weighted by Gasteiger charge is 2.33. The molecule has 1 aliphatic heterocycles. The lowest BCUT2D eigenvalue weighted by molar-refractivity contribution is -0.137. The Labute approximate surface area is 197 Å². The molecule has 1 unspecified atom stereocenters. The highest BCUT2D eigenvalue weighted by Crippen LogP contribution is 2.49. The number of nitrogens with zero attached hydrogens (tertiary/aromatic N) is 1. The summed E-state index contributed by atoms with van der Waals surface area (Å²) in [4.78, 5) is 3.87. The van der Waals surface area contributed by atoms with Crippen LogP contribution in [-0.2, 0) is 17.5 Å². The standard InChI is InChI=1S/C26H27F3N2OS/c1-19(13-16-32-18-20-7-3-2-4-8-20)30-14-15-31-22-9-5-6-10-24(22)33-25-12-11-21(17-23(25)31)26(27,28)29/h2-12,17,19,30H,13-16,18H2,1H3. The number of ether oxygens (including phenoxy) is 1.